The number of benzene rings is 2. The van der Waals surface area contributed by atoms with Crippen molar-refractivity contribution in [3.05, 3.63) is 77.7 Å². The Labute approximate surface area is 183 Å². The first-order chi connectivity index (χ1) is 15.5. The molecular formula is C23H20N8O. The number of hydrogen-bond acceptors (Lipinski definition) is 6. The number of aryl methyl sites for hydroxylation is 3. The minimum atomic E-state index is -0.240. The van der Waals surface area contributed by atoms with Crippen molar-refractivity contribution in [2.75, 3.05) is 5.32 Å². The maximum absolute atomic E-state index is 13.4. The molecule has 158 valence electrons. The van der Waals surface area contributed by atoms with Gasteiger partial charge in [-0.3, -0.25) is 9.48 Å². The summed E-state index contributed by atoms with van der Waals surface area (Å²) in [6.07, 6.45) is 0. The Bertz CT molecular complexity index is 1450. The number of tetrazole rings is 1. The summed E-state index contributed by atoms with van der Waals surface area (Å²) in [4.78, 5) is 18.2. The highest BCUT2D eigenvalue weighted by molar-refractivity contribution is 6.13. The number of carbonyl (C=O) groups is 1. The number of rotatable bonds is 4. The lowest BCUT2D eigenvalue weighted by molar-refractivity contribution is 0.102. The number of nitrogens with one attached hydrogen (secondary N) is 1. The maximum Gasteiger partial charge on any atom is 0.256 e. The van der Waals surface area contributed by atoms with Gasteiger partial charge in [-0.25, -0.2) is 4.98 Å². The monoisotopic (exact) mass is 424 g/mol. The second-order valence-electron chi connectivity index (χ2n) is 7.47. The number of nitrogens with zero attached hydrogens (tertiary/aromatic N) is 7. The van der Waals surface area contributed by atoms with Gasteiger partial charge in [-0.15, -0.1) is 5.10 Å². The van der Waals surface area contributed by atoms with Crippen LogP contribution in [0.4, 0.5) is 5.69 Å². The van der Waals surface area contributed by atoms with Gasteiger partial charge >= 0.3 is 0 Å². The Morgan fingerprint density at radius 3 is 2.56 bits per heavy atom. The molecule has 32 heavy (non-hydrogen) atoms. The number of aromatic nitrogens is 7. The van der Waals surface area contributed by atoms with Crippen molar-refractivity contribution in [2.45, 2.75) is 13.8 Å². The lowest BCUT2D eigenvalue weighted by Gasteiger charge is -2.11. The molecule has 2 aromatic carbocycles. The lowest BCUT2D eigenvalue weighted by Crippen LogP contribution is -2.14. The Kier molecular flexibility index (Phi) is 4.70. The average molecular weight is 424 g/mol. The Morgan fingerprint density at radius 2 is 1.81 bits per heavy atom. The van der Waals surface area contributed by atoms with Crippen LogP contribution < -0.4 is 5.32 Å². The van der Waals surface area contributed by atoms with E-state index in [0.717, 1.165) is 22.3 Å². The van der Waals surface area contributed by atoms with Gasteiger partial charge in [-0.2, -0.15) is 9.78 Å². The van der Waals surface area contributed by atoms with Gasteiger partial charge in [0.25, 0.3) is 5.91 Å². The van der Waals surface area contributed by atoms with Crippen LogP contribution in [0.25, 0.3) is 28.0 Å². The fraction of sp³-hybridized carbons (Fsp3) is 0.130. The van der Waals surface area contributed by atoms with Crippen LogP contribution in [0, 0.1) is 13.8 Å². The molecule has 9 nitrogen and oxygen atoms in total. The normalized spacial score (nSPS) is 11.1. The highest BCUT2D eigenvalue weighted by atomic mass is 16.1. The van der Waals surface area contributed by atoms with E-state index in [9.17, 15) is 4.79 Å². The van der Waals surface area contributed by atoms with Crippen LogP contribution in [0.2, 0.25) is 0 Å². The highest BCUT2D eigenvalue weighted by Gasteiger charge is 2.19. The number of pyridine rings is 1. The van der Waals surface area contributed by atoms with E-state index in [4.69, 9.17) is 4.98 Å². The summed E-state index contributed by atoms with van der Waals surface area (Å²) < 4.78 is 3.31. The fourth-order valence-electron chi connectivity index (χ4n) is 3.76. The van der Waals surface area contributed by atoms with Crippen molar-refractivity contribution in [3.8, 4) is 16.9 Å². The summed E-state index contributed by atoms with van der Waals surface area (Å²) in [5, 5.41) is 19.8. The van der Waals surface area contributed by atoms with E-state index >= 15 is 0 Å². The van der Waals surface area contributed by atoms with Crippen LogP contribution in [-0.4, -0.2) is 40.9 Å². The van der Waals surface area contributed by atoms with Crippen molar-refractivity contribution < 1.29 is 4.79 Å². The Balaban J connectivity index is 1.57. The topological polar surface area (TPSA) is 103 Å². The van der Waals surface area contributed by atoms with Crippen LogP contribution in [0.1, 0.15) is 21.9 Å². The first-order valence-corrected chi connectivity index (χ1v) is 10.1. The van der Waals surface area contributed by atoms with Gasteiger partial charge < -0.3 is 5.32 Å². The van der Waals surface area contributed by atoms with Gasteiger partial charge in [0.1, 0.15) is 0 Å². The van der Waals surface area contributed by atoms with E-state index in [1.165, 1.54) is 0 Å². The number of hydrogen-bond donors (Lipinski definition) is 1. The van der Waals surface area contributed by atoms with Crippen molar-refractivity contribution in [2.24, 2.45) is 7.05 Å². The fourth-order valence-corrected chi connectivity index (χ4v) is 3.76. The zero-order valence-electron chi connectivity index (χ0n) is 17.8. The molecule has 0 atom stereocenters. The molecule has 9 heteroatoms. The molecule has 0 unspecified atom stereocenters. The van der Waals surface area contributed by atoms with Gasteiger partial charge in [0, 0.05) is 18.3 Å². The van der Waals surface area contributed by atoms with Gasteiger partial charge in [0.15, 0.2) is 11.5 Å². The van der Waals surface area contributed by atoms with E-state index < -0.39 is 0 Å². The number of anilines is 1. The van der Waals surface area contributed by atoms with E-state index in [1.54, 1.807) is 9.36 Å². The van der Waals surface area contributed by atoms with Crippen molar-refractivity contribution in [3.63, 3.8) is 0 Å². The third-order valence-corrected chi connectivity index (χ3v) is 5.26. The molecule has 0 aliphatic carbocycles. The molecule has 1 N–H and O–H groups in total. The standard InChI is InChI=1S/C23H20N8O/c1-14-21-19(13-20(16-8-5-4-6-9-16)25-22(21)30(3)27-14)23(32)24-17-10-7-11-18(12-17)31-15(2)26-28-29-31/h4-13H,1-3H3,(H,24,32). The second-order valence-corrected chi connectivity index (χ2v) is 7.47. The van der Waals surface area contributed by atoms with E-state index in [0.29, 0.717) is 28.4 Å². The lowest BCUT2D eigenvalue weighted by atomic mass is 10.0. The molecule has 0 saturated carbocycles. The first-order valence-electron chi connectivity index (χ1n) is 10.1. The summed E-state index contributed by atoms with van der Waals surface area (Å²) >= 11 is 0. The minimum absolute atomic E-state index is 0.240. The van der Waals surface area contributed by atoms with E-state index in [1.807, 2.05) is 81.6 Å². The van der Waals surface area contributed by atoms with Crippen LogP contribution in [-0.2, 0) is 7.05 Å². The van der Waals surface area contributed by atoms with Crippen molar-refractivity contribution >= 4 is 22.6 Å². The van der Waals surface area contributed by atoms with Crippen LogP contribution >= 0.6 is 0 Å². The summed E-state index contributed by atoms with van der Waals surface area (Å²) in [6, 6.07) is 19.0. The average Bonchev–Trinajstić information content (AvgIpc) is 3.36. The van der Waals surface area contributed by atoms with Crippen molar-refractivity contribution in [1.29, 1.82) is 0 Å². The molecule has 0 saturated heterocycles. The molecule has 0 bridgehead atoms. The largest absolute Gasteiger partial charge is 0.322 e. The van der Waals surface area contributed by atoms with E-state index in [2.05, 4.69) is 25.9 Å². The zero-order chi connectivity index (χ0) is 22.2. The quantitative estimate of drug-likeness (QED) is 0.474. The molecular weight excluding hydrogens is 404 g/mol. The smallest absolute Gasteiger partial charge is 0.256 e. The predicted molar refractivity (Wildman–Crippen MR) is 121 cm³/mol. The molecule has 3 heterocycles. The van der Waals surface area contributed by atoms with Crippen LogP contribution in [0.3, 0.4) is 0 Å². The summed E-state index contributed by atoms with van der Waals surface area (Å²) in [6.45, 7) is 3.69. The SMILES string of the molecule is Cc1nn(C)c2nc(-c3ccccc3)cc(C(=O)Nc3cccc(-n4nnnc4C)c3)c12. The highest BCUT2D eigenvalue weighted by Crippen LogP contribution is 2.27. The molecule has 5 rings (SSSR count). The maximum atomic E-state index is 13.4. The van der Waals surface area contributed by atoms with Gasteiger partial charge in [0.05, 0.1) is 28.0 Å². The predicted octanol–water partition coefficient (Wildman–Crippen LogP) is 3.48. The molecule has 0 spiro atoms. The summed E-state index contributed by atoms with van der Waals surface area (Å²) in [7, 11) is 1.83. The van der Waals surface area contributed by atoms with Crippen LogP contribution in [0.15, 0.2) is 60.7 Å². The zero-order valence-corrected chi connectivity index (χ0v) is 17.8. The molecule has 1 amide bonds. The Hall–Kier alpha value is -4.40. The third-order valence-electron chi connectivity index (χ3n) is 5.26. The van der Waals surface area contributed by atoms with Gasteiger partial charge in [-0.1, -0.05) is 36.4 Å². The third kappa shape index (κ3) is 3.39. The number of fused-ring (bicyclic) bond motifs is 1. The molecule has 0 radical (unpaired) electrons. The number of amides is 1. The molecule has 0 aliphatic rings. The molecule has 5 aromatic rings. The van der Waals surface area contributed by atoms with E-state index in [-0.39, 0.29) is 5.91 Å². The Morgan fingerprint density at radius 1 is 1.00 bits per heavy atom. The van der Waals surface area contributed by atoms with Crippen LogP contribution in [0.5, 0.6) is 0 Å². The molecule has 0 aliphatic heterocycles. The second kappa shape index (κ2) is 7.69. The summed E-state index contributed by atoms with van der Waals surface area (Å²) in [5.74, 6) is 0.416. The summed E-state index contributed by atoms with van der Waals surface area (Å²) in [5.41, 5.74) is 4.96. The first kappa shape index (κ1) is 19.6. The van der Waals surface area contributed by atoms with Gasteiger partial charge in [-0.05, 0) is 48.5 Å². The van der Waals surface area contributed by atoms with Crippen molar-refractivity contribution in [1.82, 2.24) is 35.0 Å². The minimum Gasteiger partial charge on any atom is -0.322 e. The number of carbonyl (C=O) groups excluding carboxylic acids is 1. The molecule has 0 fully saturated rings. The molecule has 3 aromatic heterocycles. The van der Waals surface area contributed by atoms with Gasteiger partial charge in [0.2, 0.25) is 0 Å².